The van der Waals surface area contributed by atoms with Crippen LogP contribution in [0.4, 0.5) is 0 Å². The first-order valence-electron chi connectivity index (χ1n) is 8.98. The van der Waals surface area contributed by atoms with Gasteiger partial charge in [-0.25, -0.2) is 0 Å². The predicted octanol–water partition coefficient (Wildman–Crippen LogP) is 2.91. The lowest BCUT2D eigenvalue weighted by atomic mass is 10.0. The number of pyridine rings is 1. The predicted molar refractivity (Wildman–Crippen MR) is 99.9 cm³/mol. The van der Waals surface area contributed by atoms with Crippen molar-refractivity contribution in [3.63, 3.8) is 0 Å². The van der Waals surface area contributed by atoms with Gasteiger partial charge in [-0.2, -0.15) is 0 Å². The molecule has 5 nitrogen and oxygen atoms in total. The van der Waals surface area contributed by atoms with E-state index in [2.05, 4.69) is 15.2 Å². The molecule has 1 saturated carbocycles. The van der Waals surface area contributed by atoms with Gasteiger partial charge in [0.2, 0.25) is 5.91 Å². The van der Waals surface area contributed by atoms with Gasteiger partial charge in [-0.15, -0.1) is 0 Å². The van der Waals surface area contributed by atoms with E-state index >= 15 is 0 Å². The fraction of sp³-hybridized carbons (Fsp3) is 0.400. The number of benzene rings is 1. The summed E-state index contributed by atoms with van der Waals surface area (Å²) in [5.41, 5.74) is 1.56. The Balaban J connectivity index is 1.60. The van der Waals surface area contributed by atoms with E-state index in [1.165, 1.54) is 0 Å². The van der Waals surface area contributed by atoms with Crippen molar-refractivity contribution in [3.8, 4) is 0 Å². The summed E-state index contributed by atoms with van der Waals surface area (Å²) < 4.78 is 5.46. The Hall–Kier alpha value is -1.95. The molecule has 0 unspecified atom stereocenters. The summed E-state index contributed by atoms with van der Waals surface area (Å²) in [6, 6.07) is 11.2. The summed E-state index contributed by atoms with van der Waals surface area (Å²) in [7, 11) is 0. The lowest BCUT2D eigenvalue weighted by molar-refractivity contribution is -0.129. The number of carbonyl (C=O) groups excluding carboxylic acids is 1. The van der Waals surface area contributed by atoms with Crippen LogP contribution < -0.4 is 5.32 Å². The van der Waals surface area contributed by atoms with Crippen molar-refractivity contribution in [2.24, 2.45) is 0 Å². The van der Waals surface area contributed by atoms with E-state index in [4.69, 9.17) is 16.3 Å². The quantitative estimate of drug-likeness (QED) is 0.878. The molecule has 2 heterocycles. The zero-order chi connectivity index (χ0) is 18.0. The second kappa shape index (κ2) is 7.35. The summed E-state index contributed by atoms with van der Waals surface area (Å²) in [5, 5.41) is 3.99. The minimum Gasteiger partial charge on any atom is -0.379 e. The van der Waals surface area contributed by atoms with E-state index in [9.17, 15) is 4.79 Å². The van der Waals surface area contributed by atoms with Crippen LogP contribution in [0.5, 0.6) is 0 Å². The van der Waals surface area contributed by atoms with E-state index in [-0.39, 0.29) is 17.5 Å². The van der Waals surface area contributed by atoms with E-state index in [1.807, 2.05) is 36.4 Å². The van der Waals surface area contributed by atoms with Gasteiger partial charge in [0.25, 0.3) is 0 Å². The minimum atomic E-state index is -0.368. The van der Waals surface area contributed by atoms with Crippen LogP contribution in [0.3, 0.4) is 0 Å². The van der Waals surface area contributed by atoms with Gasteiger partial charge in [-0.1, -0.05) is 35.9 Å². The summed E-state index contributed by atoms with van der Waals surface area (Å²) in [6.07, 6.45) is 5.31. The molecular weight excluding hydrogens is 350 g/mol. The third-order valence-corrected chi connectivity index (χ3v) is 5.49. The van der Waals surface area contributed by atoms with Crippen LogP contribution in [0, 0.1) is 0 Å². The smallest absolute Gasteiger partial charge is 0.242 e. The molecule has 1 amide bonds. The molecule has 4 rings (SSSR count). The maximum absolute atomic E-state index is 13.3. The van der Waals surface area contributed by atoms with Crippen molar-refractivity contribution in [1.29, 1.82) is 0 Å². The average Bonchev–Trinajstić information content (AvgIpc) is 3.44. The summed E-state index contributed by atoms with van der Waals surface area (Å²) in [5.74, 6) is -0.00248. The molecule has 2 aromatic rings. The number of nitrogens with one attached hydrogen (secondary N) is 1. The van der Waals surface area contributed by atoms with Crippen LogP contribution >= 0.6 is 11.6 Å². The van der Waals surface area contributed by atoms with Gasteiger partial charge in [0.1, 0.15) is 6.04 Å². The summed E-state index contributed by atoms with van der Waals surface area (Å²) >= 11 is 6.39. The van der Waals surface area contributed by atoms with Crippen LogP contribution in [0.15, 0.2) is 48.8 Å². The molecule has 1 saturated heterocycles. The first-order valence-corrected chi connectivity index (χ1v) is 9.36. The van der Waals surface area contributed by atoms with E-state index < -0.39 is 0 Å². The van der Waals surface area contributed by atoms with Gasteiger partial charge < -0.3 is 10.1 Å². The highest BCUT2D eigenvalue weighted by molar-refractivity contribution is 6.31. The maximum atomic E-state index is 13.3. The normalized spacial score (nSPS) is 20.3. The third kappa shape index (κ3) is 3.47. The molecule has 136 valence electrons. The first kappa shape index (κ1) is 17.5. The van der Waals surface area contributed by atoms with Crippen molar-refractivity contribution in [1.82, 2.24) is 15.2 Å². The van der Waals surface area contributed by atoms with Crippen LogP contribution in [0.1, 0.15) is 30.0 Å². The molecule has 1 atom stereocenters. The SMILES string of the molecule is O=C(NC1(c2ccccc2Cl)CC1)[C@@H](c1cccnc1)N1CCOCC1. The zero-order valence-electron chi connectivity index (χ0n) is 14.5. The highest BCUT2D eigenvalue weighted by Gasteiger charge is 2.48. The zero-order valence-corrected chi connectivity index (χ0v) is 15.3. The number of ether oxygens (including phenoxy) is 1. The molecule has 0 radical (unpaired) electrons. The molecule has 2 fully saturated rings. The summed E-state index contributed by atoms with van der Waals surface area (Å²) in [4.78, 5) is 19.7. The molecule has 2 aliphatic rings. The molecule has 1 N–H and O–H groups in total. The Morgan fingerprint density at radius 3 is 2.62 bits per heavy atom. The molecule has 1 aliphatic heterocycles. The van der Waals surface area contributed by atoms with Crippen LogP contribution in [-0.2, 0) is 15.1 Å². The van der Waals surface area contributed by atoms with Crippen molar-refractivity contribution >= 4 is 17.5 Å². The third-order valence-electron chi connectivity index (χ3n) is 5.16. The number of amides is 1. The Bertz CT molecular complexity index is 774. The second-order valence-electron chi connectivity index (χ2n) is 6.89. The van der Waals surface area contributed by atoms with Crippen molar-refractivity contribution in [2.75, 3.05) is 26.3 Å². The molecule has 26 heavy (non-hydrogen) atoms. The Morgan fingerprint density at radius 2 is 1.96 bits per heavy atom. The Kier molecular flexibility index (Phi) is 4.94. The van der Waals surface area contributed by atoms with Crippen LogP contribution in [-0.4, -0.2) is 42.1 Å². The fourth-order valence-electron chi connectivity index (χ4n) is 3.64. The number of nitrogens with zero attached hydrogens (tertiary/aromatic N) is 2. The molecule has 0 spiro atoms. The lowest BCUT2D eigenvalue weighted by Crippen LogP contribution is -2.48. The molecule has 0 bridgehead atoms. The largest absolute Gasteiger partial charge is 0.379 e. The molecule has 6 heteroatoms. The second-order valence-corrected chi connectivity index (χ2v) is 7.30. The monoisotopic (exact) mass is 371 g/mol. The van der Waals surface area contributed by atoms with E-state index in [0.29, 0.717) is 18.2 Å². The minimum absolute atomic E-state index is 0.00248. The molecular formula is C20H22ClN3O2. The van der Waals surface area contributed by atoms with Crippen LogP contribution in [0.25, 0.3) is 0 Å². The number of morpholine rings is 1. The van der Waals surface area contributed by atoms with E-state index in [0.717, 1.165) is 37.1 Å². The van der Waals surface area contributed by atoms with Gasteiger partial charge in [-0.05, 0) is 36.1 Å². The number of aromatic nitrogens is 1. The van der Waals surface area contributed by atoms with Gasteiger partial charge in [0, 0.05) is 30.5 Å². The van der Waals surface area contributed by atoms with E-state index in [1.54, 1.807) is 12.4 Å². The topological polar surface area (TPSA) is 54.5 Å². The van der Waals surface area contributed by atoms with Gasteiger partial charge >= 0.3 is 0 Å². The number of rotatable bonds is 5. The maximum Gasteiger partial charge on any atom is 0.242 e. The highest BCUT2D eigenvalue weighted by atomic mass is 35.5. The highest BCUT2D eigenvalue weighted by Crippen LogP contribution is 2.48. The van der Waals surface area contributed by atoms with Crippen molar-refractivity contribution in [2.45, 2.75) is 24.4 Å². The standard InChI is InChI=1S/C20H22ClN3O2/c21-17-6-2-1-5-16(17)20(7-8-20)23-19(25)18(15-4-3-9-22-14-15)24-10-12-26-13-11-24/h1-6,9,14,18H,7-8,10-13H2,(H,23,25)/t18-/m1/s1. The fourth-order valence-corrected chi connectivity index (χ4v) is 3.96. The van der Waals surface area contributed by atoms with Crippen molar-refractivity contribution < 1.29 is 9.53 Å². The summed E-state index contributed by atoms with van der Waals surface area (Å²) in [6.45, 7) is 2.73. The Morgan fingerprint density at radius 1 is 1.19 bits per heavy atom. The molecule has 1 aromatic heterocycles. The lowest BCUT2D eigenvalue weighted by Gasteiger charge is -2.34. The number of hydrogen-bond donors (Lipinski definition) is 1. The van der Waals surface area contributed by atoms with Crippen molar-refractivity contribution in [3.05, 3.63) is 64.9 Å². The van der Waals surface area contributed by atoms with Gasteiger partial charge in [0.05, 0.1) is 18.8 Å². The first-order chi connectivity index (χ1) is 12.7. The van der Waals surface area contributed by atoms with Crippen LogP contribution in [0.2, 0.25) is 5.02 Å². The Labute approximate surface area is 158 Å². The number of halogens is 1. The average molecular weight is 372 g/mol. The van der Waals surface area contributed by atoms with Gasteiger partial charge in [0.15, 0.2) is 0 Å². The number of carbonyl (C=O) groups is 1. The molecule has 1 aromatic carbocycles. The molecule has 1 aliphatic carbocycles. The van der Waals surface area contributed by atoms with Gasteiger partial charge in [-0.3, -0.25) is 14.7 Å². The number of hydrogen-bond acceptors (Lipinski definition) is 4.